The van der Waals surface area contributed by atoms with E-state index >= 15 is 0 Å². The summed E-state index contributed by atoms with van der Waals surface area (Å²) in [5, 5.41) is 8.73. The number of halogens is 1. The number of nitrogens with one attached hydrogen (secondary N) is 1. The van der Waals surface area contributed by atoms with Gasteiger partial charge < -0.3 is 14.4 Å². The first kappa shape index (κ1) is 19.7. The van der Waals surface area contributed by atoms with Gasteiger partial charge in [0.05, 0.1) is 12.8 Å². The Morgan fingerprint density at radius 2 is 2.00 bits per heavy atom. The molecule has 1 N–H and O–H groups in total. The van der Waals surface area contributed by atoms with E-state index < -0.39 is 6.09 Å². The molecule has 0 atom stereocenters. The van der Waals surface area contributed by atoms with E-state index in [0.717, 1.165) is 40.8 Å². The van der Waals surface area contributed by atoms with Crippen molar-refractivity contribution in [3.05, 3.63) is 58.6 Å². The van der Waals surface area contributed by atoms with Gasteiger partial charge in [-0.05, 0) is 30.3 Å². The first-order valence-electron chi connectivity index (χ1n) is 9.44. The van der Waals surface area contributed by atoms with Crippen molar-refractivity contribution in [2.45, 2.75) is 24.9 Å². The third kappa shape index (κ3) is 4.71. The summed E-state index contributed by atoms with van der Waals surface area (Å²) in [6.07, 6.45) is 1.69. The van der Waals surface area contributed by atoms with Crippen LogP contribution < -0.4 is 10.1 Å². The number of piperidine rings is 1. The van der Waals surface area contributed by atoms with Crippen LogP contribution in [0.4, 0.5) is 10.5 Å². The summed E-state index contributed by atoms with van der Waals surface area (Å²) in [7, 11) is 1.65. The molecule has 1 saturated heterocycles. The highest BCUT2D eigenvalue weighted by atomic mass is 79.9. The zero-order valence-electron chi connectivity index (χ0n) is 16.1. The highest BCUT2D eigenvalue weighted by Gasteiger charge is 2.43. The molecule has 29 heavy (non-hydrogen) atoms. The average Bonchev–Trinajstić information content (AvgIpc) is 3.14. The average molecular weight is 460 g/mol. The van der Waals surface area contributed by atoms with Crippen molar-refractivity contribution in [3.8, 4) is 5.75 Å². The molecule has 2 heterocycles. The number of methoxy groups -OCH3 is 1. The maximum absolute atomic E-state index is 12.1. The Bertz CT molecular complexity index is 926. The van der Waals surface area contributed by atoms with Crippen LogP contribution in [0.3, 0.4) is 0 Å². The molecular formula is C21H22BrN3O4. The number of benzene rings is 2. The predicted octanol–water partition coefficient (Wildman–Crippen LogP) is 4.58. The van der Waals surface area contributed by atoms with Crippen molar-refractivity contribution < 1.29 is 19.2 Å². The number of carbonyl (C=O) groups is 1. The molecule has 2 aliphatic rings. The van der Waals surface area contributed by atoms with Crippen LogP contribution in [0.2, 0.25) is 0 Å². The summed E-state index contributed by atoms with van der Waals surface area (Å²) >= 11 is 3.38. The predicted molar refractivity (Wildman–Crippen MR) is 113 cm³/mol. The Balaban J connectivity index is 1.29. The Morgan fingerprint density at radius 1 is 1.21 bits per heavy atom. The minimum absolute atomic E-state index is 0.334. The smallest absolute Gasteiger partial charge is 0.430 e. The van der Waals surface area contributed by atoms with Crippen molar-refractivity contribution in [1.82, 2.24) is 5.06 Å². The summed E-state index contributed by atoms with van der Waals surface area (Å²) in [6, 6.07) is 15.2. The Labute approximate surface area is 177 Å². The molecule has 1 spiro atoms. The second-order valence-corrected chi connectivity index (χ2v) is 8.08. The van der Waals surface area contributed by atoms with Crippen LogP contribution >= 0.6 is 15.9 Å². The Hall–Kier alpha value is -2.58. The number of rotatable bonds is 4. The van der Waals surface area contributed by atoms with Crippen LogP contribution in [0.25, 0.3) is 0 Å². The van der Waals surface area contributed by atoms with E-state index in [0.29, 0.717) is 18.8 Å². The summed E-state index contributed by atoms with van der Waals surface area (Å²) in [6.45, 7) is 1.18. The van der Waals surface area contributed by atoms with E-state index in [1.54, 1.807) is 18.2 Å². The van der Waals surface area contributed by atoms with E-state index in [1.807, 2.05) is 42.5 Å². The lowest BCUT2D eigenvalue weighted by Gasteiger charge is -2.35. The molecule has 1 fully saturated rings. The van der Waals surface area contributed by atoms with Crippen molar-refractivity contribution in [2.75, 3.05) is 25.5 Å². The number of amides is 1. The van der Waals surface area contributed by atoms with Gasteiger partial charge in [-0.1, -0.05) is 39.3 Å². The Kier molecular flexibility index (Phi) is 5.73. The molecule has 2 aliphatic heterocycles. The zero-order valence-corrected chi connectivity index (χ0v) is 17.6. The van der Waals surface area contributed by atoms with E-state index in [1.165, 1.54) is 0 Å². The molecule has 0 unspecified atom stereocenters. The Morgan fingerprint density at radius 3 is 2.76 bits per heavy atom. The first-order valence-corrected chi connectivity index (χ1v) is 10.2. The topological polar surface area (TPSA) is 72.4 Å². The lowest BCUT2D eigenvalue weighted by Crippen LogP contribution is -2.45. The molecule has 0 aliphatic carbocycles. The van der Waals surface area contributed by atoms with Crippen molar-refractivity contribution in [1.29, 1.82) is 0 Å². The molecule has 0 bridgehead atoms. The van der Waals surface area contributed by atoms with Gasteiger partial charge in [-0.2, -0.15) is 0 Å². The fraction of sp³-hybridized carbons (Fsp3) is 0.333. The van der Waals surface area contributed by atoms with Crippen LogP contribution in [0.5, 0.6) is 5.75 Å². The molecule has 2 aromatic rings. The highest BCUT2D eigenvalue weighted by molar-refractivity contribution is 9.10. The zero-order chi connectivity index (χ0) is 20.3. The molecule has 0 radical (unpaired) electrons. The first-order chi connectivity index (χ1) is 14.0. The molecule has 1 amide bonds. The van der Waals surface area contributed by atoms with Crippen molar-refractivity contribution in [2.24, 2.45) is 5.16 Å². The minimum Gasteiger partial charge on any atom is -0.497 e. The fourth-order valence-corrected chi connectivity index (χ4v) is 3.96. The van der Waals surface area contributed by atoms with Gasteiger partial charge in [0.15, 0.2) is 0 Å². The SMILES string of the molecule is COc1cccc(C2=NOC3(CCN(OC(=O)Nc4cccc(Br)c4)CC3)C2)c1. The van der Waals surface area contributed by atoms with Gasteiger partial charge in [-0.3, -0.25) is 5.32 Å². The fourth-order valence-electron chi connectivity index (χ4n) is 3.56. The van der Waals surface area contributed by atoms with E-state index in [-0.39, 0.29) is 5.60 Å². The molecule has 7 nitrogen and oxygen atoms in total. The van der Waals surface area contributed by atoms with E-state index in [9.17, 15) is 4.79 Å². The second kappa shape index (κ2) is 8.42. The van der Waals surface area contributed by atoms with Crippen LogP contribution in [0.15, 0.2) is 58.2 Å². The van der Waals surface area contributed by atoms with Gasteiger partial charge in [0.1, 0.15) is 11.4 Å². The van der Waals surface area contributed by atoms with Gasteiger partial charge >= 0.3 is 6.09 Å². The standard InChI is InChI=1S/C21H22BrN3O4/c1-27-18-7-2-4-15(12-18)19-14-21(29-24-19)8-10-25(11-9-21)28-20(26)23-17-6-3-5-16(22)13-17/h2-7,12-13H,8-11,14H2,1H3,(H,23,26). The monoisotopic (exact) mass is 459 g/mol. The van der Waals surface area contributed by atoms with Gasteiger partial charge in [0.25, 0.3) is 0 Å². The lowest BCUT2D eigenvalue weighted by molar-refractivity contribution is -0.154. The van der Waals surface area contributed by atoms with Crippen LogP contribution in [-0.4, -0.2) is 42.7 Å². The van der Waals surface area contributed by atoms with Gasteiger partial charge in [0, 0.05) is 48.1 Å². The number of hydrogen-bond acceptors (Lipinski definition) is 6. The molecular weight excluding hydrogens is 438 g/mol. The van der Waals surface area contributed by atoms with Gasteiger partial charge in [-0.15, -0.1) is 5.06 Å². The van der Waals surface area contributed by atoms with Crippen molar-refractivity contribution in [3.63, 3.8) is 0 Å². The maximum Gasteiger partial charge on any atom is 0.430 e. The molecule has 152 valence electrons. The minimum atomic E-state index is -0.500. The second-order valence-electron chi connectivity index (χ2n) is 7.16. The largest absolute Gasteiger partial charge is 0.497 e. The number of carbonyl (C=O) groups excluding carboxylic acids is 1. The third-order valence-electron chi connectivity index (χ3n) is 5.16. The van der Waals surface area contributed by atoms with Crippen LogP contribution in [-0.2, 0) is 9.68 Å². The number of oxime groups is 1. The van der Waals surface area contributed by atoms with Crippen LogP contribution in [0, 0.1) is 0 Å². The summed E-state index contributed by atoms with van der Waals surface area (Å²) in [5.41, 5.74) is 2.27. The van der Waals surface area contributed by atoms with E-state index in [2.05, 4.69) is 26.4 Å². The normalized spacial score (nSPS) is 18.1. The quantitative estimate of drug-likeness (QED) is 0.723. The highest BCUT2D eigenvalue weighted by Crippen LogP contribution is 2.36. The third-order valence-corrected chi connectivity index (χ3v) is 5.65. The number of hydrogen-bond donors (Lipinski definition) is 1. The lowest BCUT2D eigenvalue weighted by atomic mass is 9.86. The molecule has 2 aromatic carbocycles. The number of anilines is 1. The molecule has 0 aromatic heterocycles. The van der Waals surface area contributed by atoms with Gasteiger partial charge in [-0.25, -0.2) is 4.79 Å². The van der Waals surface area contributed by atoms with Gasteiger partial charge in [0.2, 0.25) is 0 Å². The van der Waals surface area contributed by atoms with Crippen molar-refractivity contribution >= 4 is 33.4 Å². The summed E-state index contributed by atoms with van der Waals surface area (Å²) in [4.78, 5) is 23.4. The number of nitrogens with zero attached hydrogens (tertiary/aromatic N) is 2. The number of ether oxygens (including phenoxy) is 1. The molecule has 0 saturated carbocycles. The molecule has 8 heteroatoms. The van der Waals surface area contributed by atoms with Crippen LogP contribution in [0.1, 0.15) is 24.8 Å². The van der Waals surface area contributed by atoms with E-state index in [4.69, 9.17) is 14.4 Å². The molecule has 4 rings (SSSR count). The maximum atomic E-state index is 12.1. The summed E-state index contributed by atoms with van der Waals surface area (Å²) < 4.78 is 6.18. The number of hydroxylamine groups is 2. The summed E-state index contributed by atoms with van der Waals surface area (Å²) in [5.74, 6) is 0.797.